The third-order valence-corrected chi connectivity index (χ3v) is 3.86. The monoisotopic (exact) mass is 242 g/mol. The van der Waals surface area contributed by atoms with Gasteiger partial charge in [-0.25, -0.2) is 13.2 Å². The molecule has 1 aliphatic rings. The molecule has 0 N–H and O–H groups in total. The summed E-state index contributed by atoms with van der Waals surface area (Å²) in [5, 5.41) is 0. The van der Waals surface area contributed by atoms with Gasteiger partial charge in [-0.1, -0.05) is 13.0 Å². The molecule has 0 nitrogen and oxygen atoms in total. The predicted octanol–water partition coefficient (Wildman–Crippen LogP) is 4.67. The molecule has 1 saturated carbocycles. The standard InChI is InChI=1S/C14H17F3/c1-9-7-12(15)5-6-13(9)11-4-3-10(2)14(16,17)8-11/h5-7,10-11H,3-4,8H2,1-2H3. The van der Waals surface area contributed by atoms with Crippen LogP contribution in [-0.2, 0) is 0 Å². The van der Waals surface area contributed by atoms with Gasteiger partial charge in [0.15, 0.2) is 0 Å². The lowest BCUT2D eigenvalue weighted by atomic mass is 9.76. The summed E-state index contributed by atoms with van der Waals surface area (Å²) in [4.78, 5) is 0. The van der Waals surface area contributed by atoms with E-state index in [9.17, 15) is 13.2 Å². The van der Waals surface area contributed by atoms with Gasteiger partial charge in [-0.2, -0.15) is 0 Å². The van der Waals surface area contributed by atoms with Crippen molar-refractivity contribution in [2.24, 2.45) is 5.92 Å². The Bertz CT molecular complexity index is 412. The van der Waals surface area contributed by atoms with E-state index in [0.29, 0.717) is 6.42 Å². The molecule has 1 aromatic carbocycles. The fourth-order valence-corrected chi connectivity index (χ4v) is 2.66. The minimum absolute atomic E-state index is 0.110. The Morgan fingerprint density at radius 1 is 1.24 bits per heavy atom. The second kappa shape index (κ2) is 4.35. The summed E-state index contributed by atoms with van der Waals surface area (Å²) in [6.45, 7) is 3.39. The van der Waals surface area contributed by atoms with Crippen LogP contribution >= 0.6 is 0 Å². The van der Waals surface area contributed by atoms with Crippen LogP contribution < -0.4 is 0 Å². The molecule has 0 aliphatic heterocycles. The molecule has 2 atom stereocenters. The Balaban J connectivity index is 2.24. The first kappa shape index (κ1) is 12.5. The molecule has 0 amide bonds. The second-order valence-electron chi connectivity index (χ2n) is 5.14. The minimum atomic E-state index is -2.59. The number of rotatable bonds is 1. The Labute approximate surface area is 99.8 Å². The molecule has 1 aliphatic carbocycles. The van der Waals surface area contributed by atoms with Crippen LogP contribution in [-0.4, -0.2) is 5.92 Å². The van der Waals surface area contributed by atoms with Crippen molar-refractivity contribution in [1.29, 1.82) is 0 Å². The molecule has 1 fully saturated rings. The Hall–Kier alpha value is -0.990. The lowest BCUT2D eigenvalue weighted by Gasteiger charge is -2.34. The van der Waals surface area contributed by atoms with E-state index in [1.54, 1.807) is 19.9 Å². The Kier molecular flexibility index (Phi) is 3.19. The predicted molar refractivity (Wildman–Crippen MR) is 61.8 cm³/mol. The van der Waals surface area contributed by atoms with Crippen LogP contribution in [0.4, 0.5) is 13.2 Å². The SMILES string of the molecule is Cc1cc(F)ccc1C1CCC(C)C(F)(F)C1. The highest BCUT2D eigenvalue weighted by Gasteiger charge is 2.42. The summed E-state index contributed by atoms with van der Waals surface area (Å²) >= 11 is 0. The molecule has 0 aromatic heterocycles. The van der Waals surface area contributed by atoms with Crippen LogP contribution in [0.25, 0.3) is 0 Å². The van der Waals surface area contributed by atoms with Crippen molar-refractivity contribution in [3.63, 3.8) is 0 Å². The lowest BCUT2D eigenvalue weighted by molar-refractivity contribution is -0.0848. The summed E-state index contributed by atoms with van der Waals surface area (Å²) in [7, 11) is 0. The molecule has 0 saturated heterocycles. The Morgan fingerprint density at radius 2 is 1.94 bits per heavy atom. The topological polar surface area (TPSA) is 0 Å². The van der Waals surface area contributed by atoms with Gasteiger partial charge in [-0.05, 0) is 48.9 Å². The minimum Gasteiger partial charge on any atom is -0.207 e. The van der Waals surface area contributed by atoms with Crippen molar-refractivity contribution < 1.29 is 13.2 Å². The highest BCUT2D eigenvalue weighted by atomic mass is 19.3. The first-order valence-electron chi connectivity index (χ1n) is 6.04. The van der Waals surface area contributed by atoms with Crippen molar-refractivity contribution in [1.82, 2.24) is 0 Å². The van der Waals surface area contributed by atoms with E-state index in [0.717, 1.165) is 17.5 Å². The van der Waals surface area contributed by atoms with Gasteiger partial charge >= 0.3 is 0 Å². The van der Waals surface area contributed by atoms with Crippen molar-refractivity contribution in [3.8, 4) is 0 Å². The Morgan fingerprint density at radius 3 is 2.53 bits per heavy atom. The summed E-state index contributed by atoms with van der Waals surface area (Å²) in [5.41, 5.74) is 1.65. The zero-order valence-electron chi connectivity index (χ0n) is 10.1. The quantitative estimate of drug-likeness (QED) is 0.671. The fourth-order valence-electron chi connectivity index (χ4n) is 2.66. The van der Waals surface area contributed by atoms with Gasteiger partial charge in [-0.15, -0.1) is 0 Å². The maximum absolute atomic E-state index is 13.7. The molecule has 3 heteroatoms. The van der Waals surface area contributed by atoms with Crippen LogP contribution in [0.5, 0.6) is 0 Å². The van der Waals surface area contributed by atoms with Crippen LogP contribution in [0.15, 0.2) is 18.2 Å². The first-order chi connectivity index (χ1) is 7.90. The molecule has 1 aromatic rings. The second-order valence-corrected chi connectivity index (χ2v) is 5.14. The maximum atomic E-state index is 13.7. The molecular formula is C14H17F3. The van der Waals surface area contributed by atoms with Crippen LogP contribution in [0.2, 0.25) is 0 Å². The third-order valence-electron chi connectivity index (χ3n) is 3.86. The van der Waals surface area contributed by atoms with Crippen LogP contribution in [0.1, 0.15) is 43.2 Å². The summed E-state index contributed by atoms with van der Waals surface area (Å²) < 4.78 is 40.3. The van der Waals surface area contributed by atoms with Crippen LogP contribution in [0, 0.1) is 18.7 Å². The number of halogens is 3. The number of alkyl halides is 2. The van der Waals surface area contributed by atoms with Crippen molar-refractivity contribution in [3.05, 3.63) is 35.1 Å². The number of hydrogen-bond donors (Lipinski definition) is 0. The largest absolute Gasteiger partial charge is 0.251 e. The highest BCUT2D eigenvalue weighted by Crippen LogP contribution is 2.45. The number of hydrogen-bond acceptors (Lipinski definition) is 0. The van der Waals surface area contributed by atoms with E-state index in [1.807, 2.05) is 0 Å². The van der Waals surface area contributed by atoms with Gasteiger partial charge in [0.2, 0.25) is 0 Å². The average Bonchev–Trinajstić information content (AvgIpc) is 2.22. The first-order valence-corrected chi connectivity index (χ1v) is 6.04. The zero-order valence-corrected chi connectivity index (χ0v) is 10.1. The van der Waals surface area contributed by atoms with Gasteiger partial charge in [0.25, 0.3) is 5.92 Å². The zero-order chi connectivity index (χ0) is 12.6. The van der Waals surface area contributed by atoms with Crippen LogP contribution in [0.3, 0.4) is 0 Å². The molecule has 0 spiro atoms. The lowest BCUT2D eigenvalue weighted by Crippen LogP contribution is -2.33. The third kappa shape index (κ3) is 2.48. The maximum Gasteiger partial charge on any atom is 0.251 e. The van der Waals surface area contributed by atoms with E-state index < -0.39 is 11.8 Å². The van der Waals surface area contributed by atoms with Gasteiger partial charge in [0.1, 0.15) is 5.82 Å². The normalized spacial score (nSPS) is 28.1. The van der Waals surface area contributed by atoms with E-state index in [1.165, 1.54) is 12.1 Å². The molecule has 2 rings (SSSR count). The molecule has 0 radical (unpaired) electrons. The summed E-state index contributed by atoms with van der Waals surface area (Å²) in [5.74, 6) is -3.58. The summed E-state index contributed by atoms with van der Waals surface area (Å²) in [6, 6.07) is 4.44. The molecule has 94 valence electrons. The van der Waals surface area contributed by atoms with E-state index >= 15 is 0 Å². The highest BCUT2D eigenvalue weighted by molar-refractivity contribution is 5.30. The number of aryl methyl sites for hydroxylation is 1. The van der Waals surface area contributed by atoms with E-state index in [-0.39, 0.29) is 18.2 Å². The van der Waals surface area contributed by atoms with Gasteiger partial charge in [0, 0.05) is 12.3 Å². The van der Waals surface area contributed by atoms with E-state index in [4.69, 9.17) is 0 Å². The van der Waals surface area contributed by atoms with Gasteiger partial charge in [-0.3, -0.25) is 0 Å². The van der Waals surface area contributed by atoms with Gasteiger partial charge in [0.05, 0.1) is 0 Å². The van der Waals surface area contributed by atoms with Gasteiger partial charge < -0.3 is 0 Å². The smallest absolute Gasteiger partial charge is 0.207 e. The van der Waals surface area contributed by atoms with Crippen molar-refractivity contribution >= 4 is 0 Å². The molecule has 2 unspecified atom stereocenters. The fraction of sp³-hybridized carbons (Fsp3) is 0.571. The molecule has 0 bridgehead atoms. The van der Waals surface area contributed by atoms with Crippen molar-refractivity contribution in [2.45, 2.75) is 45.0 Å². The molecule has 17 heavy (non-hydrogen) atoms. The molecule has 0 heterocycles. The van der Waals surface area contributed by atoms with Crippen molar-refractivity contribution in [2.75, 3.05) is 0 Å². The average molecular weight is 242 g/mol. The summed E-state index contributed by atoms with van der Waals surface area (Å²) in [6.07, 6.45) is 1.19. The molecular weight excluding hydrogens is 225 g/mol. The van der Waals surface area contributed by atoms with E-state index in [2.05, 4.69) is 0 Å². The number of benzene rings is 1.